The number of hydrogen-bond acceptors (Lipinski definition) is 6. The number of hydrogen-bond donors (Lipinski definition) is 1. The monoisotopic (exact) mass is 310 g/mol. The van der Waals surface area contributed by atoms with E-state index in [2.05, 4.69) is 20.4 Å². The lowest BCUT2D eigenvalue weighted by atomic mass is 10.1. The SMILES string of the molecule is O=C(CN(CC1CCCO1)C1CCCC1)Nc1nncs1. The van der Waals surface area contributed by atoms with E-state index in [0.29, 0.717) is 23.8 Å². The molecule has 2 heterocycles. The summed E-state index contributed by atoms with van der Waals surface area (Å²) in [6, 6.07) is 0.523. The van der Waals surface area contributed by atoms with Gasteiger partial charge in [-0.05, 0) is 25.7 Å². The van der Waals surface area contributed by atoms with E-state index in [1.54, 1.807) is 5.51 Å². The molecule has 2 aliphatic rings. The van der Waals surface area contributed by atoms with Crippen LogP contribution < -0.4 is 5.32 Å². The van der Waals surface area contributed by atoms with Crippen LogP contribution in [0, 0.1) is 0 Å². The van der Waals surface area contributed by atoms with Gasteiger partial charge >= 0.3 is 0 Å². The van der Waals surface area contributed by atoms with Gasteiger partial charge in [-0.1, -0.05) is 24.2 Å². The van der Waals surface area contributed by atoms with Crippen molar-refractivity contribution >= 4 is 22.4 Å². The van der Waals surface area contributed by atoms with Crippen LogP contribution >= 0.6 is 11.3 Å². The molecule has 1 unspecified atom stereocenters. The minimum absolute atomic E-state index is 0.00310. The van der Waals surface area contributed by atoms with E-state index in [-0.39, 0.29) is 5.91 Å². The highest BCUT2D eigenvalue weighted by Crippen LogP contribution is 2.25. The van der Waals surface area contributed by atoms with Gasteiger partial charge in [0.25, 0.3) is 0 Å². The topological polar surface area (TPSA) is 67.3 Å². The first-order chi connectivity index (χ1) is 10.3. The molecule has 7 heteroatoms. The number of carbonyl (C=O) groups is 1. The number of rotatable bonds is 6. The highest BCUT2D eigenvalue weighted by Gasteiger charge is 2.28. The quantitative estimate of drug-likeness (QED) is 0.869. The standard InChI is InChI=1S/C14H22N4O2S/c19-13(16-14-17-15-10-21-14)9-18(11-4-1-2-5-11)8-12-6-3-7-20-12/h10-12H,1-9H2,(H,16,17,19). The largest absolute Gasteiger partial charge is 0.377 e. The Hall–Kier alpha value is -1.05. The van der Waals surface area contributed by atoms with Crippen molar-refractivity contribution in [2.24, 2.45) is 0 Å². The molecule has 21 heavy (non-hydrogen) atoms. The molecule has 1 N–H and O–H groups in total. The van der Waals surface area contributed by atoms with Gasteiger partial charge in [0.2, 0.25) is 11.0 Å². The molecule has 0 spiro atoms. The molecule has 1 saturated carbocycles. The number of ether oxygens (including phenoxy) is 1. The zero-order valence-corrected chi connectivity index (χ0v) is 13.0. The number of aromatic nitrogens is 2. The molecule has 0 aromatic carbocycles. The van der Waals surface area contributed by atoms with Gasteiger partial charge in [-0.2, -0.15) is 0 Å². The Balaban J connectivity index is 1.56. The maximum atomic E-state index is 12.2. The van der Waals surface area contributed by atoms with Crippen LogP contribution in [0.25, 0.3) is 0 Å². The van der Waals surface area contributed by atoms with Crippen LogP contribution in [0.3, 0.4) is 0 Å². The second-order valence-corrected chi connectivity index (χ2v) is 6.63. The summed E-state index contributed by atoms with van der Waals surface area (Å²) in [5.41, 5.74) is 1.62. The van der Waals surface area contributed by atoms with Gasteiger partial charge in [0.05, 0.1) is 12.6 Å². The molecule has 3 rings (SSSR count). The van der Waals surface area contributed by atoms with Gasteiger partial charge < -0.3 is 4.74 Å². The summed E-state index contributed by atoms with van der Waals surface area (Å²) in [5.74, 6) is -0.00310. The lowest BCUT2D eigenvalue weighted by Crippen LogP contribution is -2.43. The minimum Gasteiger partial charge on any atom is -0.377 e. The molecule has 116 valence electrons. The lowest BCUT2D eigenvalue weighted by Gasteiger charge is -2.30. The number of nitrogens with zero attached hydrogens (tertiary/aromatic N) is 3. The Bertz CT molecular complexity index is 442. The summed E-state index contributed by atoms with van der Waals surface area (Å²) in [5, 5.41) is 11.0. The fourth-order valence-corrected chi connectivity index (χ4v) is 3.69. The average molecular weight is 310 g/mol. The third kappa shape index (κ3) is 4.21. The third-order valence-electron chi connectivity index (χ3n) is 4.26. The van der Waals surface area contributed by atoms with Crippen LogP contribution in [0.4, 0.5) is 5.13 Å². The van der Waals surface area contributed by atoms with E-state index in [1.807, 2.05) is 0 Å². The van der Waals surface area contributed by atoms with Crippen LogP contribution in [-0.4, -0.2) is 52.8 Å². The summed E-state index contributed by atoms with van der Waals surface area (Å²) in [4.78, 5) is 14.5. The van der Waals surface area contributed by atoms with Crippen molar-refractivity contribution in [3.63, 3.8) is 0 Å². The molecule has 1 amide bonds. The third-order valence-corrected chi connectivity index (χ3v) is 4.86. The van der Waals surface area contributed by atoms with Gasteiger partial charge in [0.1, 0.15) is 5.51 Å². The molecule has 1 saturated heterocycles. The molecule has 0 bridgehead atoms. The number of anilines is 1. The molecule has 1 atom stereocenters. The van der Waals surface area contributed by atoms with Crippen LogP contribution in [-0.2, 0) is 9.53 Å². The van der Waals surface area contributed by atoms with Crippen LogP contribution in [0.5, 0.6) is 0 Å². The number of amides is 1. The molecule has 1 aromatic rings. The highest BCUT2D eigenvalue weighted by molar-refractivity contribution is 7.13. The first-order valence-electron chi connectivity index (χ1n) is 7.73. The second-order valence-electron chi connectivity index (χ2n) is 5.79. The predicted octanol–water partition coefficient (Wildman–Crippen LogP) is 1.90. The van der Waals surface area contributed by atoms with Crippen molar-refractivity contribution in [3.05, 3.63) is 5.51 Å². The molecule has 1 aliphatic carbocycles. The summed E-state index contributed by atoms with van der Waals surface area (Å²) >= 11 is 1.35. The summed E-state index contributed by atoms with van der Waals surface area (Å²) < 4.78 is 5.74. The summed E-state index contributed by atoms with van der Waals surface area (Å²) in [7, 11) is 0. The Labute approximate surface area is 128 Å². The second kappa shape index (κ2) is 7.29. The Morgan fingerprint density at radius 2 is 2.24 bits per heavy atom. The summed E-state index contributed by atoms with van der Waals surface area (Å²) in [6.45, 7) is 2.15. The van der Waals surface area contributed by atoms with Gasteiger partial charge in [0, 0.05) is 19.2 Å². The maximum absolute atomic E-state index is 12.2. The molecule has 6 nitrogen and oxygen atoms in total. The van der Waals surface area contributed by atoms with Gasteiger partial charge in [0.15, 0.2) is 0 Å². The van der Waals surface area contributed by atoms with E-state index >= 15 is 0 Å². The van der Waals surface area contributed by atoms with Crippen LogP contribution in [0.1, 0.15) is 38.5 Å². The van der Waals surface area contributed by atoms with E-state index in [4.69, 9.17) is 4.74 Å². The smallest absolute Gasteiger partial charge is 0.240 e. The molecule has 1 aromatic heterocycles. The minimum atomic E-state index is -0.00310. The molecular formula is C14H22N4O2S. The fraction of sp³-hybridized carbons (Fsp3) is 0.786. The van der Waals surface area contributed by atoms with Gasteiger partial charge in [-0.15, -0.1) is 10.2 Å². The average Bonchev–Trinajstić information content (AvgIpc) is 3.22. The zero-order valence-electron chi connectivity index (χ0n) is 12.2. The Kier molecular flexibility index (Phi) is 5.16. The van der Waals surface area contributed by atoms with Crippen molar-refractivity contribution in [2.45, 2.75) is 50.7 Å². The van der Waals surface area contributed by atoms with Crippen molar-refractivity contribution in [1.29, 1.82) is 0 Å². The van der Waals surface area contributed by atoms with Crippen LogP contribution in [0.15, 0.2) is 5.51 Å². The van der Waals surface area contributed by atoms with Crippen molar-refractivity contribution in [1.82, 2.24) is 15.1 Å². The Morgan fingerprint density at radius 3 is 2.90 bits per heavy atom. The van der Waals surface area contributed by atoms with Crippen molar-refractivity contribution in [3.8, 4) is 0 Å². The Morgan fingerprint density at radius 1 is 1.38 bits per heavy atom. The fourth-order valence-electron chi connectivity index (χ4n) is 3.23. The predicted molar refractivity (Wildman–Crippen MR) is 81.3 cm³/mol. The molecule has 0 radical (unpaired) electrons. The first-order valence-corrected chi connectivity index (χ1v) is 8.61. The molecule has 2 fully saturated rings. The normalized spacial score (nSPS) is 23.0. The number of carbonyl (C=O) groups excluding carboxylic acids is 1. The summed E-state index contributed by atoms with van der Waals surface area (Å²) in [6.07, 6.45) is 7.47. The maximum Gasteiger partial charge on any atom is 0.240 e. The van der Waals surface area contributed by atoms with E-state index in [1.165, 1.54) is 37.0 Å². The van der Waals surface area contributed by atoms with Crippen molar-refractivity contribution < 1.29 is 9.53 Å². The first kappa shape index (κ1) is 14.9. The van der Waals surface area contributed by atoms with Gasteiger partial charge in [-0.25, -0.2) is 0 Å². The highest BCUT2D eigenvalue weighted by atomic mass is 32.1. The molecular weight excluding hydrogens is 288 g/mol. The van der Waals surface area contributed by atoms with Crippen LogP contribution in [0.2, 0.25) is 0 Å². The number of nitrogens with one attached hydrogen (secondary N) is 1. The zero-order chi connectivity index (χ0) is 14.5. The molecule has 1 aliphatic heterocycles. The lowest BCUT2D eigenvalue weighted by molar-refractivity contribution is -0.118. The van der Waals surface area contributed by atoms with Gasteiger partial charge in [-0.3, -0.25) is 15.0 Å². The van der Waals surface area contributed by atoms with Crippen molar-refractivity contribution in [2.75, 3.05) is 25.0 Å². The van der Waals surface area contributed by atoms with E-state index in [0.717, 1.165) is 26.0 Å². The van der Waals surface area contributed by atoms with E-state index in [9.17, 15) is 4.79 Å². The van der Waals surface area contributed by atoms with E-state index < -0.39 is 0 Å².